The van der Waals surface area contributed by atoms with Gasteiger partial charge in [0.2, 0.25) is 0 Å². The van der Waals surface area contributed by atoms with Crippen LogP contribution in [0.1, 0.15) is 11.5 Å². The number of primary amides is 1. The second-order valence-corrected chi connectivity index (χ2v) is 5.10. The molecule has 0 aromatic heterocycles. The number of allylic oxidation sites excluding steroid dienone is 1. The summed E-state index contributed by atoms with van der Waals surface area (Å²) in [6.07, 6.45) is -3.07. The van der Waals surface area contributed by atoms with Crippen molar-refractivity contribution in [2.75, 3.05) is 0 Å². The van der Waals surface area contributed by atoms with Crippen LogP contribution in [0.3, 0.4) is 0 Å². The van der Waals surface area contributed by atoms with E-state index in [2.05, 4.69) is 0 Å². The molecule has 2 atom stereocenters. The third-order valence-electron chi connectivity index (χ3n) is 2.66. The van der Waals surface area contributed by atoms with Crippen LogP contribution in [0.15, 0.2) is 41.3 Å². The molecule has 1 amide bonds. The Morgan fingerprint density at radius 2 is 1.83 bits per heavy atom. The van der Waals surface area contributed by atoms with Gasteiger partial charge in [0, 0.05) is 5.92 Å². The zero-order valence-corrected chi connectivity index (χ0v) is 9.96. The van der Waals surface area contributed by atoms with Gasteiger partial charge in [0.15, 0.2) is 0 Å². The molecule has 1 aromatic rings. The minimum atomic E-state index is -4.38. The van der Waals surface area contributed by atoms with Gasteiger partial charge in [-0.1, -0.05) is 36.4 Å². The molecule has 0 saturated heterocycles. The molecule has 1 aliphatic heterocycles. The maximum Gasteiger partial charge on any atom is 0.401 e. The van der Waals surface area contributed by atoms with E-state index in [-0.39, 0.29) is 4.91 Å². The number of thioether (sulfide) groups is 1. The molecule has 0 saturated carbocycles. The average Bonchev–Trinajstić information content (AvgIpc) is 2.74. The first kappa shape index (κ1) is 13.0. The van der Waals surface area contributed by atoms with Gasteiger partial charge < -0.3 is 5.73 Å². The van der Waals surface area contributed by atoms with E-state index in [1.165, 1.54) is 6.08 Å². The zero-order valence-electron chi connectivity index (χ0n) is 9.15. The fourth-order valence-corrected chi connectivity index (χ4v) is 2.99. The van der Waals surface area contributed by atoms with Gasteiger partial charge >= 0.3 is 6.18 Å². The number of carbonyl (C=O) groups is 1. The smallest absolute Gasteiger partial charge is 0.365 e. The van der Waals surface area contributed by atoms with Crippen molar-refractivity contribution in [3.63, 3.8) is 0 Å². The second kappa shape index (κ2) is 4.68. The quantitative estimate of drug-likeness (QED) is 0.900. The van der Waals surface area contributed by atoms with Gasteiger partial charge in [-0.3, -0.25) is 4.79 Å². The molecule has 0 spiro atoms. The lowest BCUT2D eigenvalue weighted by Crippen LogP contribution is -2.29. The molecule has 18 heavy (non-hydrogen) atoms. The maximum atomic E-state index is 12.9. The lowest BCUT2D eigenvalue weighted by molar-refractivity contribution is -0.130. The summed E-state index contributed by atoms with van der Waals surface area (Å²) in [7, 11) is 0. The van der Waals surface area contributed by atoms with Crippen LogP contribution in [0.2, 0.25) is 0 Å². The third-order valence-corrected chi connectivity index (χ3v) is 4.07. The highest BCUT2D eigenvalue weighted by Crippen LogP contribution is 2.49. The summed E-state index contributed by atoms with van der Waals surface area (Å²) < 4.78 is 38.8. The average molecular weight is 273 g/mol. The molecular formula is C12H10F3NOS. The topological polar surface area (TPSA) is 43.1 Å². The summed E-state index contributed by atoms with van der Waals surface area (Å²) >= 11 is 0.490. The normalized spacial score (nSPS) is 23.8. The SMILES string of the molecule is NC(=O)C1=CC(c2ccccc2)C(C(F)(F)F)S1. The minimum absolute atomic E-state index is 0.0221. The molecule has 96 valence electrons. The molecule has 0 fully saturated rings. The van der Waals surface area contributed by atoms with Crippen LogP contribution in [0.25, 0.3) is 0 Å². The van der Waals surface area contributed by atoms with Crippen LogP contribution >= 0.6 is 11.8 Å². The van der Waals surface area contributed by atoms with E-state index < -0.39 is 23.3 Å². The van der Waals surface area contributed by atoms with E-state index in [4.69, 9.17) is 5.73 Å². The number of alkyl halides is 3. The summed E-state index contributed by atoms with van der Waals surface area (Å²) in [4.78, 5) is 11.0. The molecule has 2 nitrogen and oxygen atoms in total. The largest absolute Gasteiger partial charge is 0.401 e. The third kappa shape index (κ3) is 2.53. The van der Waals surface area contributed by atoms with Crippen LogP contribution in [-0.4, -0.2) is 17.3 Å². The van der Waals surface area contributed by atoms with Crippen LogP contribution in [-0.2, 0) is 4.79 Å². The van der Waals surface area contributed by atoms with Gasteiger partial charge in [-0.25, -0.2) is 0 Å². The lowest BCUT2D eigenvalue weighted by atomic mass is 9.95. The highest BCUT2D eigenvalue weighted by molar-refractivity contribution is 8.05. The van der Waals surface area contributed by atoms with E-state index in [1.54, 1.807) is 30.3 Å². The lowest BCUT2D eigenvalue weighted by Gasteiger charge is -2.21. The predicted molar refractivity (Wildman–Crippen MR) is 63.9 cm³/mol. The van der Waals surface area contributed by atoms with Crippen molar-refractivity contribution in [3.05, 3.63) is 46.9 Å². The van der Waals surface area contributed by atoms with Crippen molar-refractivity contribution in [1.82, 2.24) is 0 Å². The molecule has 1 aromatic carbocycles. The Kier molecular flexibility index (Phi) is 3.38. The van der Waals surface area contributed by atoms with Crippen LogP contribution < -0.4 is 5.73 Å². The fraction of sp³-hybridized carbons (Fsp3) is 0.250. The number of halogens is 3. The molecule has 1 heterocycles. The monoisotopic (exact) mass is 273 g/mol. The van der Waals surface area contributed by atoms with E-state index in [1.807, 2.05) is 0 Å². The number of nitrogens with two attached hydrogens (primary N) is 1. The Morgan fingerprint density at radius 3 is 2.33 bits per heavy atom. The number of amides is 1. The van der Waals surface area contributed by atoms with Gasteiger partial charge in [0.05, 0.1) is 4.91 Å². The number of carbonyl (C=O) groups excluding carboxylic acids is 1. The van der Waals surface area contributed by atoms with Crippen LogP contribution in [0, 0.1) is 0 Å². The number of hydrogen-bond acceptors (Lipinski definition) is 2. The zero-order chi connectivity index (χ0) is 13.3. The summed E-state index contributed by atoms with van der Waals surface area (Å²) in [6.45, 7) is 0. The van der Waals surface area contributed by atoms with Gasteiger partial charge in [-0.2, -0.15) is 13.2 Å². The second-order valence-electron chi connectivity index (χ2n) is 3.91. The van der Waals surface area contributed by atoms with Gasteiger partial charge in [0.25, 0.3) is 5.91 Å². The number of benzene rings is 1. The molecule has 2 N–H and O–H groups in total. The molecule has 2 rings (SSSR count). The first-order valence-corrected chi connectivity index (χ1v) is 6.07. The number of rotatable bonds is 2. The summed E-state index contributed by atoms with van der Waals surface area (Å²) in [5, 5.41) is -1.65. The molecular weight excluding hydrogens is 263 g/mol. The van der Waals surface area contributed by atoms with Crippen molar-refractivity contribution < 1.29 is 18.0 Å². The summed E-state index contributed by atoms with van der Waals surface area (Å²) in [5.74, 6) is -1.67. The van der Waals surface area contributed by atoms with Crippen molar-refractivity contribution in [2.45, 2.75) is 17.3 Å². The van der Waals surface area contributed by atoms with E-state index in [0.29, 0.717) is 17.3 Å². The highest BCUT2D eigenvalue weighted by Gasteiger charge is 2.49. The predicted octanol–water partition coefficient (Wildman–Crippen LogP) is 2.82. The molecule has 0 radical (unpaired) electrons. The summed E-state index contributed by atoms with van der Waals surface area (Å²) in [5.41, 5.74) is 5.58. The maximum absolute atomic E-state index is 12.9. The molecule has 1 aliphatic rings. The van der Waals surface area contributed by atoms with Crippen molar-refractivity contribution in [2.24, 2.45) is 5.73 Å². The Labute approximate surface area is 106 Å². The highest BCUT2D eigenvalue weighted by atomic mass is 32.2. The van der Waals surface area contributed by atoms with Gasteiger partial charge in [-0.05, 0) is 5.56 Å². The molecule has 0 aliphatic carbocycles. The van der Waals surface area contributed by atoms with E-state index in [9.17, 15) is 18.0 Å². The Balaban J connectivity index is 2.37. The minimum Gasteiger partial charge on any atom is -0.365 e. The first-order valence-electron chi connectivity index (χ1n) is 5.19. The fourth-order valence-electron chi connectivity index (χ4n) is 1.86. The van der Waals surface area contributed by atoms with E-state index in [0.717, 1.165) is 0 Å². The standard InChI is InChI=1S/C12H10F3NOS/c13-12(14,15)10-8(6-9(18-10)11(16)17)7-4-2-1-3-5-7/h1-6,8,10H,(H2,16,17). The number of hydrogen-bond donors (Lipinski definition) is 1. The molecule has 6 heteroatoms. The Hall–Kier alpha value is -1.43. The first-order chi connectivity index (χ1) is 8.39. The van der Waals surface area contributed by atoms with E-state index >= 15 is 0 Å². The summed E-state index contributed by atoms with van der Waals surface area (Å²) in [6, 6.07) is 8.30. The molecule has 0 bridgehead atoms. The molecule has 2 unspecified atom stereocenters. The van der Waals surface area contributed by atoms with Crippen LogP contribution in [0.4, 0.5) is 13.2 Å². The van der Waals surface area contributed by atoms with Crippen LogP contribution in [0.5, 0.6) is 0 Å². The Morgan fingerprint density at radius 1 is 1.22 bits per heavy atom. The van der Waals surface area contributed by atoms with Crippen molar-refractivity contribution in [3.8, 4) is 0 Å². The van der Waals surface area contributed by atoms with Crippen molar-refractivity contribution >= 4 is 17.7 Å². The van der Waals surface area contributed by atoms with Gasteiger partial charge in [0.1, 0.15) is 5.25 Å². The van der Waals surface area contributed by atoms with Crippen molar-refractivity contribution in [1.29, 1.82) is 0 Å². The Bertz CT molecular complexity index is 484. The van der Waals surface area contributed by atoms with Gasteiger partial charge in [-0.15, -0.1) is 11.8 Å².